The highest BCUT2D eigenvalue weighted by atomic mass is 32.2. The Balaban J connectivity index is 0.000000191. The summed E-state index contributed by atoms with van der Waals surface area (Å²) in [7, 11) is -16.4. The average molecular weight is 1630 g/mol. The van der Waals surface area contributed by atoms with Gasteiger partial charge in [-0.2, -0.15) is 51.0 Å². The van der Waals surface area contributed by atoms with Crippen molar-refractivity contribution in [3.05, 3.63) is 262 Å². The van der Waals surface area contributed by atoms with Gasteiger partial charge in [0.2, 0.25) is 0 Å². The molecule has 1 aliphatic heterocycles. The minimum atomic E-state index is -3.34. The molecule has 10 aromatic rings. The van der Waals surface area contributed by atoms with Gasteiger partial charge in [0, 0.05) is 52.2 Å². The molecule has 0 radical (unpaired) electrons. The Labute approximate surface area is 657 Å². The molecule has 2 aliphatic rings. The second-order valence-corrected chi connectivity index (χ2v) is 40.9. The van der Waals surface area contributed by atoms with Gasteiger partial charge >= 0.3 is 0 Å². The first-order valence-electron chi connectivity index (χ1n) is 35.5. The summed E-state index contributed by atoms with van der Waals surface area (Å²) in [6.07, 6.45) is 13.7. The Bertz CT molecular complexity index is 5310. The third-order valence-electron chi connectivity index (χ3n) is 16.8. The van der Waals surface area contributed by atoms with E-state index in [1.54, 1.807) is 78.2 Å². The fraction of sp³-hybridized carbons (Fsp3) is 0.405. The number of thiazole rings is 1. The van der Waals surface area contributed by atoms with E-state index in [1.807, 2.05) is 112 Å². The summed E-state index contributed by atoms with van der Waals surface area (Å²) in [4.78, 5) is 14.2. The number of fused-ring (bicyclic) bond motifs is 2. The quantitative estimate of drug-likeness (QED) is 0.0513. The van der Waals surface area contributed by atoms with Crippen LogP contribution in [0.2, 0.25) is 0 Å². The number of thiophene rings is 1. The summed E-state index contributed by atoms with van der Waals surface area (Å²) in [6.45, 7) is 30.0. The van der Waals surface area contributed by atoms with Gasteiger partial charge in [-0.1, -0.05) is 107 Å². The standard InChI is InChI=1S/2C18H21N3O2S.C15H19N3O2S.C14H18N2O2S2.C13H17N3O2S2.CH4/c1-12(2)14-5-7-17-15(8-14)9-19-18(17)11-24(22,23)10-16-6-4-13(3)20-21-16;1-13(2)15-5-7-18-16(8-9-21(18)10-15)11-24(22,23)12-17-6-4-14(3)19-20-17;1-11(2)15-7-5-13(8-16-15)9-21(19,20)10-14-6-4-12(3)17-18-14;1-10(2)14-6-12(7-19-14)8-20(17,18)9-13-5-4-11(3)15-16-13;1-9(2)12-6-19-13(14-12)8-20(17,18)7-11-5-4-10(3)15-16-11;/h4-9,12,15H,10-11H2,1-3H3;4-10,13H,11-12H2,1-3H3;4-8,11H,9-10H2,1-3H3;4-7,10H,8-9H2,1-3H3;4-6,9H,7-8H2,1-3H3;1H4. The van der Waals surface area contributed by atoms with Gasteiger partial charge in [-0.3, -0.25) is 9.98 Å². The maximum absolute atomic E-state index is 12.5. The van der Waals surface area contributed by atoms with Gasteiger partial charge in [0.25, 0.3) is 0 Å². The molecule has 0 N–H and O–H groups in total. The van der Waals surface area contributed by atoms with Crippen LogP contribution in [0, 0.1) is 46.5 Å². The zero-order chi connectivity index (χ0) is 79.6. The summed E-state index contributed by atoms with van der Waals surface area (Å²) in [5, 5.41) is 43.5. The Morgan fingerprint density at radius 3 is 1.27 bits per heavy atom. The summed E-state index contributed by atoms with van der Waals surface area (Å²) in [5.41, 5.74) is 15.5. The van der Waals surface area contributed by atoms with Crippen LogP contribution in [0.5, 0.6) is 0 Å². The van der Waals surface area contributed by atoms with E-state index in [-0.39, 0.29) is 70.9 Å². The normalized spacial score (nSPS) is 13.6. The van der Waals surface area contributed by atoms with E-state index in [0.29, 0.717) is 74.3 Å². The van der Waals surface area contributed by atoms with Gasteiger partial charge in [-0.15, -0.1) is 22.7 Å². The van der Waals surface area contributed by atoms with Crippen LogP contribution >= 0.6 is 22.7 Å². The first-order valence-corrected chi connectivity index (χ1v) is 46.3. The fourth-order valence-electron chi connectivity index (χ4n) is 10.8. The molecule has 11 heterocycles. The molecule has 0 spiro atoms. The molecular formula is C79H100N14O10S7. The van der Waals surface area contributed by atoms with Gasteiger partial charge < -0.3 is 4.40 Å². The number of aryl methyl sites for hydroxylation is 5. The van der Waals surface area contributed by atoms with E-state index >= 15 is 0 Å². The lowest BCUT2D eigenvalue weighted by Crippen LogP contribution is -2.13. The molecule has 24 nitrogen and oxygen atoms in total. The number of pyridine rings is 2. The van der Waals surface area contributed by atoms with Crippen molar-refractivity contribution >= 4 is 83.6 Å². The largest absolute Gasteiger partial charge is 0.323 e. The minimum absolute atomic E-state index is 0. The zero-order valence-electron chi connectivity index (χ0n) is 64.2. The average Bonchev–Trinajstić information content (AvgIpc) is 1.66. The fourth-order valence-corrected chi connectivity index (χ4v) is 20.1. The van der Waals surface area contributed by atoms with Crippen molar-refractivity contribution in [1.82, 2.24) is 65.4 Å². The van der Waals surface area contributed by atoms with Gasteiger partial charge in [0.1, 0.15) is 10.8 Å². The van der Waals surface area contributed by atoms with Crippen molar-refractivity contribution in [1.29, 1.82) is 0 Å². The molecule has 1 atom stereocenters. The van der Waals surface area contributed by atoms with Crippen LogP contribution in [0.3, 0.4) is 0 Å². The predicted molar refractivity (Wildman–Crippen MR) is 439 cm³/mol. The van der Waals surface area contributed by atoms with E-state index in [9.17, 15) is 42.1 Å². The maximum atomic E-state index is 12.5. The summed E-state index contributed by atoms with van der Waals surface area (Å²) < 4.78 is 125. The lowest BCUT2D eigenvalue weighted by atomic mass is 9.88. The van der Waals surface area contributed by atoms with Crippen molar-refractivity contribution in [2.75, 3.05) is 5.75 Å². The predicted octanol–water partition coefficient (Wildman–Crippen LogP) is 14.7. The van der Waals surface area contributed by atoms with Crippen molar-refractivity contribution in [2.24, 2.45) is 16.8 Å². The van der Waals surface area contributed by atoms with Crippen LogP contribution < -0.4 is 0 Å². The highest BCUT2D eigenvalue weighted by Crippen LogP contribution is 2.33. The SMILES string of the molecule is C.Cc1ccc(CS(=O)(=O)CC2=C3C=CC(C(C)C)=CC3C=N2)nn1.Cc1ccc(CS(=O)(=O)Cc2ccc(C(C)C)nc2)nn1.Cc1ccc(CS(=O)(=O)Cc2ccn3cc(C(C)C)ccc23)nn1.Cc1ccc(CS(=O)(=O)Cc2csc(C(C)C)c2)nn1.Cc1ccc(CS(=O)(=O)Cc2nc(C(C)C)cs2)nn1. The number of rotatable bonds is 25. The summed E-state index contributed by atoms with van der Waals surface area (Å²) in [5.74, 6) is 1.49. The highest BCUT2D eigenvalue weighted by molar-refractivity contribution is 7.91. The molecule has 110 heavy (non-hydrogen) atoms. The summed E-state index contributed by atoms with van der Waals surface area (Å²) >= 11 is 3.01. The van der Waals surface area contributed by atoms with E-state index in [0.717, 1.165) is 62.1 Å². The molecule has 10 aromatic heterocycles. The zero-order valence-corrected chi connectivity index (χ0v) is 69.9. The van der Waals surface area contributed by atoms with Crippen molar-refractivity contribution in [2.45, 2.75) is 187 Å². The lowest BCUT2D eigenvalue weighted by Gasteiger charge is -2.16. The number of hydrogen-bond acceptors (Lipinski definition) is 25. The highest BCUT2D eigenvalue weighted by Gasteiger charge is 2.27. The smallest absolute Gasteiger partial charge is 0.162 e. The van der Waals surface area contributed by atoms with Crippen LogP contribution in [-0.4, -0.2) is 119 Å². The molecule has 12 rings (SSSR count). The Morgan fingerprint density at radius 1 is 0.418 bits per heavy atom. The van der Waals surface area contributed by atoms with Crippen LogP contribution in [0.25, 0.3) is 5.52 Å². The maximum Gasteiger partial charge on any atom is 0.162 e. The molecule has 1 unspecified atom stereocenters. The third-order valence-corrected chi connectivity index (χ3v) is 26.5. The Hall–Kier alpha value is -8.72. The van der Waals surface area contributed by atoms with Gasteiger partial charge in [0.05, 0.1) is 120 Å². The summed E-state index contributed by atoms with van der Waals surface area (Å²) in [6, 6.07) is 29.0. The Kier molecular flexibility index (Phi) is 31.7. The third kappa shape index (κ3) is 28.5. The van der Waals surface area contributed by atoms with E-state index in [1.165, 1.54) is 27.4 Å². The number of aromatic nitrogens is 13. The lowest BCUT2D eigenvalue weighted by molar-refractivity contribution is 0.591. The number of nitrogens with zero attached hydrogens (tertiary/aromatic N) is 14. The van der Waals surface area contributed by atoms with Crippen LogP contribution in [0.4, 0.5) is 0 Å². The van der Waals surface area contributed by atoms with Crippen molar-refractivity contribution < 1.29 is 42.1 Å². The van der Waals surface area contributed by atoms with Crippen LogP contribution in [0.15, 0.2) is 166 Å². The molecule has 1 aliphatic carbocycles. The molecule has 0 amide bonds. The molecule has 0 aromatic carbocycles. The van der Waals surface area contributed by atoms with Crippen LogP contribution in [-0.2, 0) is 101 Å². The second kappa shape index (κ2) is 39.5. The van der Waals surface area contributed by atoms with Crippen LogP contribution in [0.1, 0.15) is 201 Å². The van der Waals surface area contributed by atoms with Gasteiger partial charge in [-0.05, 0) is 188 Å². The van der Waals surface area contributed by atoms with E-state index in [4.69, 9.17) is 0 Å². The molecule has 0 fully saturated rings. The number of aliphatic imine (C=N–C) groups is 1. The monoisotopic (exact) mass is 1630 g/mol. The number of sulfone groups is 5. The molecule has 0 saturated heterocycles. The molecule has 0 saturated carbocycles. The molecule has 31 heteroatoms. The second-order valence-electron chi connectivity index (χ2n) is 28.7. The van der Waals surface area contributed by atoms with E-state index < -0.39 is 49.2 Å². The molecule has 0 bridgehead atoms. The van der Waals surface area contributed by atoms with E-state index in [2.05, 4.69) is 146 Å². The number of allylic oxidation sites excluding steroid dienone is 5. The van der Waals surface area contributed by atoms with Gasteiger partial charge in [0.15, 0.2) is 49.2 Å². The minimum Gasteiger partial charge on any atom is -0.323 e. The van der Waals surface area contributed by atoms with Gasteiger partial charge in [-0.25, -0.2) is 47.1 Å². The first-order chi connectivity index (χ1) is 51.2. The van der Waals surface area contributed by atoms with Crippen molar-refractivity contribution in [3.63, 3.8) is 0 Å². The number of hydrogen-bond donors (Lipinski definition) is 0. The Morgan fingerprint density at radius 2 is 0.873 bits per heavy atom. The molecule has 588 valence electrons. The topological polar surface area (TPSA) is 342 Å². The first kappa shape index (κ1) is 88.5. The molecular weight excluding hydrogens is 1530 g/mol. The van der Waals surface area contributed by atoms with Crippen molar-refractivity contribution in [3.8, 4) is 0 Å².